The third-order valence-electron chi connectivity index (χ3n) is 6.13. The number of benzene rings is 3. The van der Waals surface area contributed by atoms with Crippen LogP contribution in [0.4, 0.5) is 17.6 Å². The van der Waals surface area contributed by atoms with E-state index in [1.807, 2.05) is 30.5 Å². The number of halogens is 7. The van der Waals surface area contributed by atoms with Crippen LogP contribution in [-0.2, 0) is 0 Å². The lowest BCUT2D eigenvalue weighted by Gasteiger charge is -2.12. The number of nitrogens with one attached hydrogen (secondary N) is 1. The van der Waals surface area contributed by atoms with Crippen LogP contribution in [0.1, 0.15) is 11.1 Å². The smallest absolute Gasteiger partial charge is 0.137 e. The predicted octanol–water partition coefficient (Wildman–Crippen LogP) is 9.75. The molecule has 0 aliphatic heterocycles. The molecule has 1 N–H and O–H groups in total. The van der Waals surface area contributed by atoms with Crippen molar-refractivity contribution in [2.24, 2.45) is 0 Å². The minimum atomic E-state index is -0.734. The summed E-state index contributed by atoms with van der Waals surface area (Å²) in [5.41, 5.74) is 3.93. The summed E-state index contributed by atoms with van der Waals surface area (Å²) < 4.78 is 53.9. The highest BCUT2D eigenvalue weighted by molar-refractivity contribution is 6.39. The number of nitrogens with zero attached hydrogens (tertiary/aromatic N) is 2. The van der Waals surface area contributed by atoms with E-state index in [1.165, 1.54) is 6.07 Å². The lowest BCUT2D eigenvalue weighted by atomic mass is 10.0. The van der Waals surface area contributed by atoms with Gasteiger partial charge in [0.25, 0.3) is 0 Å². The first-order valence-corrected chi connectivity index (χ1v) is 12.3. The first-order chi connectivity index (χ1) is 18.1. The summed E-state index contributed by atoms with van der Waals surface area (Å²) in [4.78, 5) is 11.5. The number of rotatable bonds is 1. The molecule has 6 aromatic rings. The molecule has 0 aliphatic carbocycles. The maximum absolute atomic E-state index is 14.1. The summed E-state index contributed by atoms with van der Waals surface area (Å²) in [7, 11) is 0. The zero-order chi connectivity index (χ0) is 27.3. The molecule has 3 nitrogen and oxygen atoms in total. The summed E-state index contributed by atoms with van der Waals surface area (Å²) >= 11 is 18.0. The Morgan fingerprint density at radius 3 is 1.92 bits per heavy atom. The van der Waals surface area contributed by atoms with Gasteiger partial charge in [-0.15, -0.1) is 0 Å². The second kappa shape index (κ2) is 10.1. The normalized spacial score (nSPS) is 11.3. The Balaban J connectivity index is 0.000000170. The van der Waals surface area contributed by atoms with Crippen molar-refractivity contribution >= 4 is 67.5 Å². The van der Waals surface area contributed by atoms with Crippen molar-refractivity contribution in [2.45, 2.75) is 13.8 Å². The van der Waals surface area contributed by atoms with Gasteiger partial charge in [-0.3, -0.25) is 0 Å². The molecule has 0 spiro atoms. The molecule has 0 fully saturated rings. The molecule has 0 unspecified atom stereocenters. The summed E-state index contributed by atoms with van der Waals surface area (Å²) in [6.07, 6.45) is 1.84. The van der Waals surface area contributed by atoms with E-state index in [-0.39, 0.29) is 37.0 Å². The van der Waals surface area contributed by atoms with Crippen LogP contribution in [0.3, 0.4) is 0 Å². The maximum atomic E-state index is 14.1. The average Bonchev–Trinajstić information content (AvgIpc) is 3.33. The van der Waals surface area contributed by atoms with Crippen molar-refractivity contribution in [2.75, 3.05) is 0 Å². The lowest BCUT2D eigenvalue weighted by molar-refractivity contribution is 0.590. The Bertz CT molecular complexity index is 1890. The van der Waals surface area contributed by atoms with Crippen LogP contribution in [0.5, 0.6) is 0 Å². The van der Waals surface area contributed by atoms with Gasteiger partial charge in [-0.1, -0.05) is 46.9 Å². The minimum Gasteiger partial charge on any atom is -0.361 e. The molecule has 10 heteroatoms. The predicted molar refractivity (Wildman–Crippen MR) is 145 cm³/mol. The van der Waals surface area contributed by atoms with Crippen molar-refractivity contribution < 1.29 is 17.6 Å². The first kappa shape index (κ1) is 26.2. The first-order valence-electron chi connectivity index (χ1n) is 11.2. The van der Waals surface area contributed by atoms with Gasteiger partial charge in [0.05, 0.1) is 37.5 Å². The highest BCUT2D eigenvalue weighted by atomic mass is 35.5. The molecule has 0 radical (unpaired) electrons. The van der Waals surface area contributed by atoms with E-state index in [0.717, 1.165) is 34.7 Å². The van der Waals surface area contributed by atoms with Crippen LogP contribution in [-0.4, -0.2) is 15.0 Å². The Kier molecular flexibility index (Phi) is 6.94. The number of hydrogen-bond acceptors (Lipinski definition) is 2. The molecule has 6 rings (SSSR count). The van der Waals surface area contributed by atoms with Crippen molar-refractivity contribution in [1.29, 1.82) is 0 Å². The Hall–Kier alpha value is -3.39. The van der Waals surface area contributed by atoms with E-state index in [0.29, 0.717) is 16.8 Å². The van der Waals surface area contributed by atoms with Crippen molar-refractivity contribution in [1.82, 2.24) is 15.0 Å². The van der Waals surface area contributed by atoms with E-state index in [1.54, 1.807) is 13.8 Å². The third-order valence-corrected chi connectivity index (χ3v) is 7.44. The summed E-state index contributed by atoms with van der Waals surface area (Å²) in [5.74, 6) is -2.81. The molecular formula is C28H16Cl3F4N3. The number of pyridine rings is 2. The summed E-state index contributed by atoms with van der Waals surface area (Å²) in [5, 5.41) is 1.81. The second-order valence-electron chi connectivity index (χ2n) is 8.55. The van der Waals surface area contributed by atoms with Gasteiger partial charge in [-0.2, -0.15) is 0 Å². The molecule has 0 saturated carbocycles. The van der Waals surface area contributed by atoms with Crippen LogP contribution in [0.25, 0.3) is 44.0 Å². The molecule has 0 atom stereocenters. The third kappa shape index (κ3) is 4.55. The van der Waals surface area contributed by atoms with Crippen LogP contribution in [0.2, 0.25) is 15.2 Å². The molecule has 0 bridgehead atoms. The summed E-state index contributed by atoms with van der Waals surface area (Å²) in [6.45, 7) is 3.41. The Morgan fingerprint density at radius 2 is 1.29 bits per heavy atom. The maximum Gasteiger partial charge on any atom is 0.137 e. The highest BCUT2D eigenvalue weighted by Gasteiger charge is 2.18. The van der Waals surface area contributed by atoms with E-state index >= 15 is 0 Å². The summed E-state index contributed by atoms with van der Waals surface area (Å²) in [6, 6.07) is 11.6. The molecule has 3 aromatic carbocycles. The number of aromatic amines is 1. The van der Waals surface area contributed by atoms with Gasteiger partial charge in [-0.05, 0) is 31.5 Å². The van der Waals surface area contributed by atoms with Crippen molar-refractivity contribution in [3.05, 3.63) is 104 Å². The fraction of sp³-hybridized carbons (Fsp3) is 0.0714. The van der Waals surface area contributed by atoms with Gasteiger partial charge in [-0.25, -0.2) is 27.5 Å². The highest BCUT2D eigenvalue weighted by Crippen LogP contribution is 2.37. The molecule has 0 saturated heterocycles. The van der Waals surface area contributed by atoms with Crippen LogP contribution in [0.15, 0.2) is 54.7 Å². The minimum absolute atomic E-state index is 0.0972. The van der Waals surface area contributed by atoms with Crippen LogP contribution >= 0.6 is 34.8 Å². The Labute approximate surface area is 229 Å². The van der Waals surface area contributed by atoms with Gasteiger partial charge >= 0.3 is 0 Å². The van der Waals surface area contributed by atoms with E-state index in [4.69, 9.17) is 34.8 Å². The molecule has 3 heterocycles. The van der Waals surface area contributed by atoms with Gasteiger partial charge in [0.2, 0.25) is 0 Å². The lowest BCUT2D eigenvalue weighted by Crippen LogP contribution is -1.95. The van der Waals surface area contributed by atoms with Crippen molar-refractivity contribution in [3.8, 4) is 11.3 Å². The van der Waals surface area contributed by atoms with Gasteiger partial charge in [0.1, 0.15) is 28.4 Å². The average molecular weight is 577 g/mol. The zero-order valence-electron chi connectivity index (χ0n) is 19.7. The molecule has 0 amide bonds. The molecule has 0 aliphatic rings. The molecular weight excluding hydrogens is 561 g/mol. The van der Waals surface area contributed by atoms with E-state index < -0.39 is 23.3 Å². The number of fused-ring (bicyclic) bond motifs is 3. The largest absolute Gasteiger partial charge is 0.361 e. The standard InChI is InChI=1S/C18H11ClF2N2.C10H5Cl2F2N/c1-9-17(19)16-13(21)7-10(20)8-15(16)23-18(9)12-3-2-4-14-11(12)5-6-22-14;1-4-9(11)8-6(14)2-5(13)3-7(8)15-10(4)12/h2-8,22H,1H3;2-3H,1H3. The van der Waals surface area contributed by atoms with Gasteiger partial charge in [0.15, 0.2) is 0 Å². The molecule has 38 heavy (non-hydrogen) atoms. The SMILES string of the molecule is Cc1c(-c2cccc3[nH]ccc23)nc2cc(F)cc(F)c2c1Cl.Cc1c(Cl)nc2cc(F)cc(F)c2c1Cl. The monoisotopic (exact) mass is 575 g/mol. The zero-order valence-corrected chi connectivity index (χ0v) is 22.0. The molecule has 3 aromatic heterocycles. The van der Waals surface area contributed by atoms with Gasteiger partial charge in [0, 0.05) is 52.5 Å². The Morgan fingerprint density at radius 1 is 0.711 bits per heavy atom. The van der Waals surface area contributed by atoms with Crippen molar-refractivity contribution in [3.63, 3.8) is 0 Å². The van der Waals surface area contributed by atoms with Crippen LogP contribution in [0, 0.1) is 37.1 Å². The number of H-pyrrole nitrogens is 1. The fourth-order valence-corrected chi connectivity index (χ4v) is 5.04. The fourth-order valence-electron chi connectivity index (χ4n) is 4.25. The number of hydrogen-bond donors (Lipinski definition) is 1. The van der Waals surface area contributed by atoms with Crippen LogP contribution < -0.4 is 0 Å². The second-order valence-corrected chi connectivity index (χ2v) is 9.66. The van der Waals surface area contributed by atoms with Gasteiger partial charge < -0.3 is 4.98 Å². The quantitative estimate of drug-likeness (QED) is 0.156. The topological polar surface area (TPSA) is 41.6 Å². The van der Waals surface area contributed by atoms with E-state index in [9.17, 15) is 17.6 Å². The van der Waals surface area contributed by atoms with E-state index in [2.05, 4.69) is 15.0 Å². The number of aromatic nitrogens is 3. The molecule has 192 valence electrons.